The van der Waals surface area contributed by atoms with Crippen LogP contribution in [0.15, 0.2) is 48.5 Å². The van der Waals surface area contributed by atoms with Crippen LogP contribution in [0.3, 0.4) is 0 Å². The molecule has 0 aliphatic carbocycles. The number of hydrogen-bond donors (Lipinski definition) is 2. The molecule has 29 heavy (non-hydrogen) atoms. The van der Waals surface area contributed by atoms with Crippen molar-refractivity contribution in [3.05, 3.63) is 54.1 Å². The van der Waals surface area contributed by atoms with Crippen molar-refractivity contribution in [1.82, 2.24) is 10.2 Å². The zero-order valence-electron chi connectivity index (χ0n) is 15.8. The van der Waals surface area contributed by atoms with Crippen LogP contribution in [0.5, 0.6) is 23.0 Å². The van der Waals surface area contributed by atoms with Gasteiger partial charge in [-0.3, -0.25) is 4.79 Å². The molecule has 9 heteroatoms. The molecule has 148 valence electrons. The molecule has 0 fully saturated rings. The molecule has 2 aromatic carbocycles. The van der Waals surface area contributed by atoms with Crippen LogP contribution in [0.4, 0.5) is 17.3 Å². The van der Waals surface area contributed by atoms with Crippen LogP contribution in [0, 0.1) is 0 Å². The number of aromatic nitrogens is 2. The third-order valence-electron chi connectivity index (χ3n) is 4.21. The smallest absolute Gasteiger partial charge is 0.264 e. The fourth-order valence-corrected chi connectivity index (χ4v) is 2.84. The van der Waals surface area contributed by atoms with E-state index in [-0.39, 0.29) is 12.4 Å². The summed E-state index contributed by atoms with van der Waals surface area (Å²) in [5.41, 5.74) is 1.06. The number of fused-ring (bicyclic) bond motifs is 1. The van der Waals surface area contributed by atoms with E-state index in [1.165, 1.54) is 14.2 Å². The number of carbonyl (C=O) groups is 1. The fourth-order valence-electron chi connectivity index (χ4n) is 2.84. The maximum atomic E-state index is 12.7. The van der Waals surface area contributed by atoms with Crippen molar-refractivity contribution in [2.75, 3.05) is 31.6 Å². The van der Waals surface area contributed by atoms with Crippen LogP contribution < -0.4 is 29.6 Å². The molecule has 0 saturated heterocycles. The zero-order chi connectivity index (χ0) is 20.2. The molecule has 1 aromatic heterocycles. The van der Waals surface area contributed by atoms with E-state index in [2.05, 4.69) is 20.8 Å². The Bertz CT molecular complexity index is 1020. The van der Waals surface area contributed by atoms with E-state index in [1.807, 2.05) is 18.2 Å². The van der Waals surface area contributed by atoms with Crippen molar-refractivity contribution in [3.63, 3.8) is 0 Å². The number of hydrogen-bond acceptors (Lipinski definition) is 8. The van der Waals surface area contributed by atoms with Crippen molar-refractivity contribution < 1.29 is 23.7 Å². The van der Waals surface area contributed by atoms with Crippen LogP contribution in [-0.4, -0.2) is 37.1 Å². The van der Waals surface area contributed by atoms with E-state index >= 15 is 0 Å². The average molecular weight is 394 g/mol. The second-order valence-corrected chi connectivity index (χ2v) is 5.99. The van der Waals surface area contributed by atoms with Crippen molar-refractivity contribution in [1.29, 1.82) is 0 Å². The number of anilines is 3. The Labute approximate surface area is 166 Å². The Morgan fingerprint density at radius 3 is 2.31 bits per heavy atom. The third-order valence-corrected chi connectivity index (χ3v) is 4.21. The summed E-state index contributed by atoms with van der Waals surface area (Å²) in [4.78, 5) is 12.7. The van der Waals surface area contributed by atoms with Gasteiger partial charge in [0.25, 0.3) is 5.91 Å². The minimum absolute atomic E-state index is 0.212. The first kappa shape index (κ1) is 18.4. The van der Waals surface area contributed by atoms with Gasteiger partial charge in [-0.25, -0.2) is 0 Å². The van der Waals surface area contributed by atoms with Gasteiger partial charge in [-0.1, -0.05) is 6.07 Å². The molecule has 4 rings (SSSR count). The summed E-state index contributed by atoms with van der Waals surface area (Å²) in [6, 6.07) is 13.9. The number of amides is 1. The van der Waals surface area contributed by atoms with Crippen molar-refractivity contribution >= 4 is 23.2 Å². The molecular formula is C20H18N4O5. The lowest BCUT2D eigenvalue weighted by atomic mass is 10.1. The van der Waals surface area contributed by atoms with Gasteiger partial charge in [-0.2, -0.15) is 0 Å². The maximum absolute atomic E-state index is 12.7. The molecule has 1 amide bonds. The standard InChI is InChI=1S/C20H18N4O5/c1-26-14-4-3-5-15(27-2)19(14)20(25)22-18-9-8-17(23-24-18)21-12-6-7-13-16(10-12)29-11-28-13/h3-10H,11H2,1-2H3,(H,21,23)(H,22,24,25). The molecule has 2 N–H and O–H groups in total. The second-order valence-electron chi connectivity index (χ2n) is 5.99. The Morgan fingerprint density at radius 1 is 0.931 bits per heavy atom. The summed E-state index contributed by atoms with van der Waals surface area (Å²) in [5.74, 6) is 2.55. The Hall–Kier alpha value is -4.01. The van der Waals surface area contributed by atoms with E-state index < -0.39 is 5.91 Å². The SMILES string of the molecule is COc1cccc(OC)c1C(=O)Nc1ccc(Nc2ccc3c(c2)OCO3)nn1. The lowest BCUT2D eigenvalue weighted by Gasteiger charge is -2.12. The summed E-state index contributed by atoms with van der Waals surface area (Å²) in [5, 5.41) is 13.9. The molecule has 0 bridgehead atoms. The van der Waals surface area contributed by atoms with E-state index in [0.29, 0.717) is 34.6 Å². The van der Waals surface area contributed by atoms with Crippen molar-refractivity contribution in [2.24, 2.45) is 0 Å². The molecular weight excluding hydrogens is 376 g/mol. The van der Waals surface area contributed by atoms with E-state index in [0.717, 1.165) is 5.69 Å². The first-order chi connectivity index (χ1) is 14.2. The summed E-state index contributed by atoms with van der Waals surface area (Å²) < 4.78 is 21.2. The monoisotopic (exact) mass is 394 g/mol. The lowest BCUT2D eigenvalue weighted by molar-refractivity contribution is 0.102. The molecule has 1 aliphatic rings. The second kappa shape index (κ2) is 7.93. The zero-order valence-corrected chi connectivity index (χ0v) is 15.8. The number of nitrogens with zero attached hydrogens (tertiary/aromatic N) is 2. The summed E-state index contributed by atoms with van der Waals surface area (Å²) >= 11 is 0. The molecule has 9 nitrogen and oxygen atoms in total. The first-order valence-electron chi connectivity index (χ1n) is 8.70. The van der Waals surface area contributed by atoms with Gasteiger partial charge in [0.05, 0.1) is 14.2 Å². The van der Waals surface area contributed by atoms with E-state index in [9.17, 15) is 4.79 Å². The highest BCUT2D eigenvalue weighted by atomic mass is 16.7. The van der Waals surface area contributed by atoms with Gasteiger partial charge in [0.1, 0.15) is 17.1 Å². The molecule has 1 aliphatic heterocycles. The molecule has 0 radical (unpaired) electrons. The predicted molar refractivity (Wildman–Crippen MR) is 105 cm³/mol. The predicted octanol–water partition coefficient (Wildman–Crippen LogP) is 3.22. The first-order valence-corrected chi connectivity index (χ1v) is 8.70. The maximum Gasteiger partial charge on any atom is 0.264 e. The summed E-state index contributed by atoms with van der Waals surface area (Å²) in [7, 11) is 2.98. The number of rotatable bonds is 6. The van der Waals surface area contributed by atoms with Crippen LogP contribution in [0.25, 0.3) is 0 Å². The fraction of sp³-hybridized carbons (Fsp3) is 0.150. The van der Waals surface area contributed by atoms with Gasteiger partial charge in [0.15, 0.2) is 23.1 Å². The summed E-state index contributed by atoms with van der Waals surface area (Å²) in [6.45, 7) is 0.212. The highest BCUT2D eigenvalue weighted by molar-refractivity contribution is 6.07. The largest absolute Gasteiger partial charge is 0.496 e. The van der Waals surface area contributed by atoms with Gasteiger partial charge in [0.2, 0.25) is 6.79 Å². The molecule has 3 aromatic rings. The highest BCUT2D eigenvalue weighted by Crippen LogP contribution is 2.35. The van der Waals surface area contributed by atoms with Gasteiger partial charge < -0.3 is 29.6 Å². The topological polar surface area (TPSA) is 104 Å². The number of benzene rings is 2. The number of methoxy groups -OCH3 is 2. The minimum atomic E-state index is -0.412. The van der Waals surface area contributed by atoms with Crippen LogP contribution in [0.2, 0.25) is 0 Å². The lowest BCUT2D eigenvalue weighted by Crippen LogP contribution is -2.15. The average Bonchev–Trinajstić information content (AvgIpc) is 3.22. The molecule has 0 unspecified atom stereocenters. The minimum Gasteiger partial charge on any atom is -0.496 e. The van der Waals surface area contributed by atoms with Crippen molar-refractivity contribution in [3.8, 4) is 23.0 Å². The summed E-state index contributed by atoms with van der Waals surface area (Å²) in [6.07, 6.45) is 0. The van der Waals surface area contributed by atoms with Crippen LogP contribution in [-0.2, 0) is 0 Å². The van der Waals surface area contributed by atoms with Crippen molar-refractivity contribution in [2.45, 2.75) is 0 Å². The molecule has 0 spiro atoms. The number of nitrogens with one attached hydrogen (secondary N) is 2. The Morgan fingerprint density at radius 2 is 1.62 bits per heavy atom. The van der Waals surface area contributed by atoms with Crippen LogP contribution >= 0.6 is 0 Å². The quantitative estimate of drug-likeness (QED) is 0.657. The van der Waals surface area contributed by atoms with Gasteiger partial charge in [-0.15, -0.1) is 10.2 Å². The molecule has 0 atom stereocenters. The Kier molecular flexibility index (Phi) is 5.02. The normalized spacial score (nSPS) is 11.7. The number of carbonyl (C=O) groups excluding carboxylic acids is 1. The molecule has 2 heterocycles. The Balaban J connectivity index is 1.47. The van der Waals surface area contributed by atoms with Gasteiger partial charge in [0, 0.05) is 11.8 Å². The van der Waals surface area contributed by atoms with Crippen LogP contribution in [0.1, 0.15) is 10.4 Å². The molecule has 0 saturated carbocycles. The van der Waals surface area contributed by atoms with E-state index in [4.69, 9.17) is 18.9 Å². The highest BCUT2D eigenvalue weighted by Gasteiger charge is 2.19. The van der Waals surface area contributed by atoms with E-state index in [1.54, 1.807) is 30.3 Å². The third kappa shape index (κ3) is 3.84. The number of ether oxygens (including phenoxy) is 4. The van der Waals surface area contributed by atoms with Gasteiger partial charge >= 0.3 is 0 Å². The van der Waals surface area contributed by atoms with Gasteiger partial charge in [-0.05, 0) is 36.4 Å².